The summed E-state index contributed by atoms with van der Waals surface area (Å²) in [5, 5.41) is 1.86. The molecule has 0 radical (unpaired) electrons. The van der Waals surface area contributed by atoms with E-state index in [4.69, 9.17) is 4.74 Å². The van der Waals surface area contributed by atoms with E-state index < -0.39 is 5.60 Å². The van der Waals surface area contributed by atoms with Crippen molar-refractivity contribution in [2.24, 2.45) is 0 Å². The zero-order valence-electron chi connectivity index (χ0n) is 12.9. The Kier molecular flexibility index (Phi) is 3.38. The Morgan fingerprint density at radius 2 is 2.26 bits per heavy atom. The highest BCUT2D eigenvalue weighted by atomic mass is 32.1. The number of likely N-dealkylation sites (tertiary alicyclic amines) is 1. The van der Waals surface area contributed by atoms with Crippen molar-refractivity contribution in [3.05, 3.63) is 33.7 Å². The lowest BCUT2D eigenvalue weighted by Crippen LogP contribution is -2.50. The Labute approximate surface area is 137 Å². The number of nitrogens with zero attached hydrogens (tertiary/aromatic N) is 4. The lowest BCUT2D eigenvalue weighted by atomic mass is 9.92. The van der Waals surface area contributed by atoms with Crippen LogP contribution in [-0.2, 0) is 11.3 Å². The number of amides is 1. The maximum Gasteiger partial charge on any atom is 0.410 e. The molecular weight excluding hydrogens is 316 g/mol. The third kappa shape index (κ3) is 2.61. The van der Waals surface area contributed by atoms with E-state index in [0.29, 0.717) is 24.6 Å². The lowest BCUT2D eigenvalue weighted by Gasteiger charge is -2.38. The van der Waals surface area contributed by atoms with Gasteiger partial charge in [0.05, 0.1) is 12.2 Å². The molecule has 0 saturated carbocycles. The molecule has 2 aromatic rings. The van der Waals surface area contributed by atoms with Gasteiger partial charge in [-0.25, -0.2) is 9.78 Å². The van der Waals surface area contributed by atoms with Crippen LogP contribution >= 0.6 is 11.3 Å². The second-order valence-corrected chi connectivity index (χ2v) is 7.24. The number of thiazole rings is 1. The van der Waals surface area contributed by atoms with Gasteiger partial charge in [-0.05, 0) is 19.4 Å². The molecule has 2 aliphatic heterocycles. The Morgan fingerprint density at radius 3 is 3.04 bits per heavy atom. The molecule has 122 valence electrons. The SMILES string of the molecule is CN1CC2(CCCN(Cc3cc(=O)n4ccsc4n3)C2)OC1=O. The fraction of sp³-hybridized carbons (Fsp3) is 0.533. The minimum absolute atomic E-state index is 0.0509. The van der Waals surface area contributed by atoms with Crippen molar-refractivity contribution < 1.29 is 9.53 Å². The average molecular weight is 334 g/mol. The van der Waals surface area contributed by atoms with Gasteiger partial charge in [-0.2, -0.15) is 0 Å². The van der Waals surface area contributed by atoms with E-state index in [2.05, 4.69) is 9.88 Å². The van der Waals surface area contributed by atoms with Crippen molar-refractivity contribution >= 4 is 22.4 Å². The van der Waals surface area contributed by atoms with Gasteiger partial charge in [0.2, 0.25) is 0 Å². The van der Waals surface area contributed by atoms with E-state index in [9.17, 15) is 9.59 Å². The normalized spacial score (nSPS) is 25.4. The number of hydrogen-bond donors (Lipinski definition) is 0. The Balaban J connectivity index is 1.54. The van der Waals surface area contributed by atoms with Crippen LogP contribution in [0.4, 0.5) is 4.79 Å². The van der Waals surface area contributed by atoms with Crippen molar-refractivity contribution in [3.8, 4) is 0 Å². The third-order valence-corrected chi connectivity index (χ3v) is 5.26. The summed E-state index contributed by atoms with van der Waals surface area (Å²) in [6.45, 7) is 2.85. The number of piperidine rings is 1. The van der Waals surface area contributed by atoms with Crippen LogP contribution in [-0.4, -0.2) is 57.6 Å². The molecule has 8 heteroatoms. The molecule has 0 aliphatic carbocycles. The number of carbonyl (C=O) groups is 1. The number of carbonyl (C=O) groups excluding carboxylic acids is 1. The first-order chi connectivity index (χ1) is 11.0. The van der Waals surface area contributed by atoms with Crippen LogP contribution in [0.25, 0.3) is 4.96 Å². The molecule has 0 aromatic carbocycles. The number of likely N-dealkylation sites (N-methyl/N-ethyl adjacent to an activating group) is 1. The molecule has 1 atom stereocenters. The van der Waals surface area contributed by atoms with Crippen molar-refractivity contribution in [1.82, 2.24) is 19.2 Å². The fourth-order valence-electron chi connectivity index (χ4n) is 3.53. The first-order valence-electron chi connectivity index (χ1n) is 7.67. The minimum atomic E-state index is -0.411. The quantitative estimate of drug-likeness (QED) is 0.825. The average Bonchev–Trinajstić information content (AvgIpc) is 3.05. The van der Waals surface area contributed by atoms with Crippen molar-refractivity contribution in [2.45, 2.75) is 25.0 Å². The molecule has 0 N–H and O–H groups in total. The van der Waals surface area contributed by atoms with Crippen LogP contribution in [0.3, 0.4) is 0 Å². The van der Waals surface area contributed by atoms with E-state index >= 15 is 0 Å². The first-order valence-corrected chi connectivity index (χ1v) is 8.55. The van der Waals surface area contributed by atoms with Crippen molar-refractivity contribution in [2.75, 3.05) is 26.7 Å². The highest BCUT2D eigenvalue weighted by Gasteiger charge is 2.46. The summed E-state index contributed by atoms with van der Waals surface area (Å²) in [5.74, 6) is 0. The van der Waals surface area contributed by atoms with Crippen LogP contribution < -0.4 is 5.56 Å². The molecule has 0 bridgehead atoms. The van der Waals surface area contributed by atoms with Gasteiger partial charge in [-0.3, -0.25) is 14.1 Å². The summed E-state index contributed by atoms with van der Waals surface area (Å²) < 4.78 is 7.17. The van der Waals surface area contributed by atoms with Crippen LogP contribution in [0.2, 0.25) is 0 Å². The maximum atomic E-state index is 12.1. The number of ether oxygens (including phenoxy) is 1. The molecule has 23 heavy (non-hydrogen) atoms. The Morgan fingerprint density at radius 1 is 1.39 bits per heavy atom. The molecule has 2 aromatic heterocycles. The van der Waals surface area contributed by atoms with Crippen LogP contribution in [0, 0.1) is 0 Å². The molecule has 1 unspecified atom stereocenters. The summed E-state index contributed by atoms with van der Waals surface area (Å²) in [5.41, 5.74) is 0.309. The van der Waals surface area contributed by atoms with E-state index in [1.54, 1.807) is 28.6 Å². The molecule has 2 saturated heterocycles. The number of hydrogen-bond acceptors (Lipinski definition) is 6. The van der Waals surface area contributed by atoms with Gasteiger partial charge in [0, 0.05) is 37.8 Å². The van der Waals surface area contributed by atoms with E-state index in [-0.39, 0.29) is 11.7 Å². The van der Waals surface area contributed by atoms with Crippen LogP contribution in [0.1, 0.15) is 18.5 Å². The second kappa shape index (κ2) is 5.31. The molecule has 1 spiro atoms. The van der Waals surface area contributed by atoms with Crippen LogP contribution in [0.5, 0.6) is 0 Å². The molecule has 4 heterocycles. The van der Waals surface area contributed by atoms with Crippen molar-refractivity contribution in [1.29, 1.82) is 0 Å². The zero-order chi connectivity index (χ0) is 16.0. The highest BCUT2D eigenvalue weighted by molar-refractivity contribution is 7.15. The smallest absolute Gasteiger partial charge is 0.410 e. The molecule has 7 nitrogen and oxygen atoms in total. The lowest BCUT2D eigenvalue weighted by molar-refractivity contribution is -0.0116. The second-order valence-electron chi connectivity index (χ2n) is 6.36. The summed E-state index contributed by atoms with van der Waals surface area (Å²) in [6, 6.07) is 1.59. The Bertz CT molecular complexity index is 816. The first kappa shape index (κ1) is 14.6. The van der Waals surface area contributed by atoms with Gasteiger partial charge < -0.3 is 9.64 Å². The summed E-state index contributed by atoms with van der Waals surface area (Å²) in [6.07, 6.45) is 3.35. The van der Waals surface area contributed by atoms with E-state index in [1.165, 1.54) is 11.3 Å². The van der Waals surface area contributed by atoms with Gasteiger partial charge in [0.25, 0.3) is 5.56 Å². The number of fused-ring (bicyclic) bond motifs is 1. The molecular formula is C15H18N4O3S. The van der Waals surface area contributed by atoms with Crippen LogP contribution in [0.15, 0.2) is 22.4 Å². The summed E-state index contributed by atoms with van der Waals surface area (Å²) in [4.78, 5) is 32.9. The van der Waals surface area contributed by atoms with E-state index in [0.717, 1.165) is 25.1 Å². The Hall–Kier alpha value is -1.93. The third-order valence-electron chi connectivity index (χ3n) is 4.50. The largest absolute Gasteiger partial charge is 0.440 e. The number of rotatable bonds is 2. The molecule has 2 fully saturated rings. The predicted molar refractivity (Wildman–Crippen MR) is 85.7 cm³/mol. The van der Waals surface area contributed by atoms with Gasteiger partial charge in [-0.1, -0.05) is 0 Å². The minimum Gasteiger partial charge on any atom is -0.440 e. The van der Waals surface area contributed by atoms with Gasteiger partial charge in [-0.15, -0.1) is 11.3 Å². The monoisotopic (exact) mass is 334 g/mol. The highest BCUT2D eigenvalue weighted by Crippen LogP contribution is 2.31. The molecule has 4 rings (SSSR count). The van der Waals surface area contributed by atoms with Gasteiger partial charge >= 0.3 is 6.09 Å². The summed E-state index contributed by atoms with van der Waals surface area (Å²) >= 11 is 1.45. The fourth-order valence-corrected chi connectivity index (χ4v) is 4.27. The van der Waals surface area contributed by atoms with Gasteiger partial charge in [0.1, 0.15) is 5.60 Å². The molecule has 2 aliphatic rings. The summed E-state index contributed by atoms with van der Waals surface area (Å²) in [7, 11) is 1.77. The maximum absolute atomic E-state index is 12.1. The van der Waals surface area contributed by atoms with Crippen molar-refractivity contribution in [3.63, 3.8) is 0 Å². The number of aromatic nitrogens is 2. The molecule has 1 amide bonds. The zero-order valence-corrected chi connectivity index (χ0v) is 13.7. The predicted octanol–water partition coefficient (Wildman–Crippen LogP) is 1.17. The topological polar surface area (TPSA) is 67.2 Å². The standard InChI is InChI=1S/C15H18N4O3S/c1-17-9-15(22-14(17)21)3-2-4-18(10-15)8-11-7-12(20)19-5-6-23-13(19)16-11/h5-7H,2-4,8-10H2,1H3. The van der Waals surface area contributed by atoms with E-state index in [1.807, 2.05) is 5.38 Å². The van der Waals surface area contributed by atoms with Gasteiger partial charge in [0.15, 0.2) is 4.96 Å².